The average molecular weight is 214 g/mol. The molecule has 2 unspecified atom stereocenters. The summed E-state index contributed by atoms with van der Waals surface area (Å²) >= 11 is 0. The van der Waals surface area contributed by atoms with E-state index in [4.69, 9.17) is 5.84 Å². The first-order chi connectivity index (χ1) is 6.86. The quantitative estimate of drug-likeness (QED) is 0.526. The van der Waals surface area contributed by atoms with Crippen molar-refractivity contribution in [3.05, 3.63) is 0 Å². The maximum atomic E-state index is 5.67. The van der Waals surface area contributed by atoms with Gasteiger partial charge in [0.1, 0.15) is 0 Å². The lowest BCUT2D eigenvalue weighted by Gasteiger charge is -2.33. The van der Waals surface area contributed by atoms with Gasteiger partial charge < -0.3 is 0 Å². The molecule has 0 aromatic carbocycles. The molecule has 2 nitrogen and oxygen atoms in total. The third-order valence-corrected chi connectivity index (χ3v) is 3.92. The second-order valence-electron chi connectivity index (χ2n) is 5.85. The van der Waals surface area contributed by atoms with E-state index in [0.717, 1.165) is 0 Å². The van der Waals surface area contributed by atoms with Gasteiger partial charge in [-0.2, -0.15) is 0 Å². The molecule has 2 heteroatoms. The molecule has 0 saturated heterocycles. The predicted molar refractivity (Wildman–Crippen MR) is 68.4 cm³/mol. The van der Waals surface area contributed by atoms with Crippen LogP contribution in [-0.4, -0.2) is 6.04 Å². The van der Waals surface area contributed by atoms with Crippen molar-refractivity contribution in [1.29, 1.82) is 0 Å². The minimum Gasteiger partial charge on any atom is -0.271 e. The Morgan fingerprint density at radius 1 is 1.13 bits per heavy atom. The van der Waals surface area contributed by atoms with Gasteiger partial charge in [-0.3, -0.25) is 11.3 Å². The fourth-order valence-corrected chi connectivity index (χ4v) is 1.99. The van der Waals surface area contributed by atoms with Crippen molar-refractivity contribution in [2.45, 2.75) is 66.8 Å². The first-order valence-corrected chi connectivity index (χ1v) is 6.32. The summed E-state index contributed by atoms with van der Waals surface area (Å²) in [7, 11) is 0. The zero-order valence-corrected chi connectivity index (χ0v) is 11.4. The molecule has 0 rings (SSSR count). The average Bonchev–Trinajstić information content (AvgIpc) is 2.16. The number of hydrogen-bond acceptors (Lipinski definition) is 2. The molecule has 0 aromatic rings. The molecule has 0 saturated carbocycles. The summed E-state index contributed by atoms with van der Waals surface area (Å²) in [5, 5.41) is 0. The van der Waals surface area contributed by atoms with Crippen molar-refractivity contribution < 1.29 is 0 Å². The van der Waals surface area contributed by atoms with Gasteiger partial charge in [-0.05, 0) is 23.7 Å². The molecule has 0 aliphatic rings. The van der Waals surface area contributed by atoms with Crippen molar-refractivity contribution in [2.75, 3.05) is 0 Å². The molecule has 0 fully saturated rings. The lowest BCUT2D eigenvalue weighted by Crippen LogP contribution is -2.43. The monoisotopic (exact) mass is 214 g/mol. The highest BCUT2D eigenvalue weighted by atomic mass is 15.2. The third kappa shape index (κ3) is 4.98. The molecule has 15 heavy (non-hydrogen) atoms. The highest BCUT2D eigenvalue weighted by Crippen LogP contribution is 2.31. The molecular weight excluding hydrogens is 184 g/mol. The van der Waals surface area contributed by atoms with E-state index in [1.807, 2.05) is 0 Å². The molecule has 0 amide bonds. The maximum absolute atomic E-state index is 5.67. The van der Waals surface area contributed by atoms with Gasteiger partial charge in [-0.1, -0.05) is 54.4 Å². The van der Waals surface area contributed by atoms with Crippen LogP contribution in [0.2, 0.25) is 0 Å². The van der Waals surface area contributed by atoms with Crippen molar-refractivity contribution in [1.82, 2.24) is 5.43 Å². The molecular formula is C13H30N2. The molecule has 0 aliphatic carbocycles. The van der Waals surface area contributed by atoms with Crippen LogP contribution in [-0.2, 0) is 0 Å². The topological polar surface area (TPSA) is 38.0 Å². The number of hydrogen-bond donors (Lipinski definition) is 2. The van der Waals surface area contributed by atoms with Gasteiger partial charge in [0.15, 0.2) is 0 Å². The second-order valence-corrected chi connectivity index (χ2v) is 5.85. The first-order valence-electron chi connectivity index (χ1n) is 6.32. The number of nitrogens with two attached hydrogens (primary N) is 1. The van der Waals surface area contributed by atoms with Crippen LogP contribution < -0.4 is 11.3 Å². The van der Waals surface area contributed by atoms with Gasteiger partial charge in [0.2, 0.25) is 0 Å². The highest BCUT2D eigenvalue weighted by molar-refractivity contribution is 4.79. The summed E-state index contributed by atoms with van der Waals surface area (Å²) in [5.74, 6) is 7.07. The lowest BCUT2D eigenvalue weighted by atomic mass is 9.76. The molecule has 0 aliphatic heterocycles. The zero-order chi connectivity index (χ0) is 12.1. The van der Waals surface area contributed by atoms with Crippen LogP contribution in [0.15, 0.2) is 0 Å². The van der Waals surface area contributed by atoms with Crippen LogP contribution in [0, 0.1) is 17.3 Å². The molecule has 92 valence electrons. The van der Waals surface area contributed by atoms with Crippen molar-refractivity contribution in [3.63, 3.8) is 0 Å². The highest BCUT2D eigenvalue weighted by Gasteiger charge is 2.26. The standard InChI is InChI=1S/C13H30N2/c1-7-11(8-2)12(15-14)9-10(3)13(4,5)6/h10-12,15H,7-9,14H2,1-6H3. The minimum absolute atomic E-state index is 0.376. The number of hydrazine groups is 1. The zero-order valence-electron chi connectivity index (χ0n) is 11.4. The van der Waals surface area contributed by atoms with E-state index in [1.54, 1.807) is 0 Å². The van der Waals surface area contributed by atoms with Gasteiger partial charge in [0.25, 0.3) is 0 Å². The Kier molecular flexibility index (Phi) is 6.46. The van der Waals surface area contributed by atoms with Crippen molar-refractivity contribution >= 4 is 0 Å². The van der Waals surface area contributed by atoms with E-state index < -0.39 is 0 Å². The summed E-state index contributed by atoms with van der Waals surface area (Å²) in [6.45, 7) is 13.7. The van der Waals surface area contributed by atoms with E-state index in [9.17, 15) is 0 Å². The number of nitrogens with one attached hydrogen (secondary N) is 1. The molecule has 0 bridgehead atoms. The second kappa shape index (κ2) is 6.49. The van der Waals surface area contributed by atoms with E-state index >= 15 is 0 Å². The van der Waals surface area contributed by atoms with E-state index in [0.29, 0.717) is 23.3 Å². The summed E-state index contributed by atoms with van der Waals surface area (Å²) in [4.78, 5) is 0. The Labute approximate surface area is 96.0 Å². The number of rotatable bonds is 6. The minimum atomic E-state index is 0.376. The van der Waals surface area contributed by atoms with Crippen LogP contribution in [0.1, 0.15) is 60.8 Å². The lowest BCUT2D eigenvalue weighted by molar-refractivity contribution is 0.193. The van der Waals surface area contributed by atoms with Crippen molar-refractivity contribution in [3.8, 4) is 0 Å². The molecule has 0 spiro atoms. The Hall–Kier alpha value is -0.0800. The normalized spacial score (nSPS) is 16.8. The van der Waals surface area contributed by atoms with Gasteiger partial charge >= 0.3 is 0 Å². The van der Waals surface area contributed by atoms with Crippen molar-refractivity contribution in [2.24, 2.45) is 23.1 Å². The van der Waals surface area contributed by atoms with Gasteiger partial charge in [0, 0.05) is 6.04 Å². The SMILES string of the molecule is CCC(CC)C(CC(C)C(C)(C)C)NN. The van der Waals surface area contributed by atoms with Crippen LogP contribution >= 0.6 is 0 Å². The predicted octanol–water partition coefficient (Wildman–Crippen LogP) is 3.33. The van der Waals surface area contributed by atoms with Crippen LogP contribution in [0.3, 0.4) is 0 Å². The molecule has 2 atom stereocenters. The van der Waals surface area contributed by atoms with E-state index in [2.05, 4.69) is 47.0 Å². The van der Waals surface area contributed by atoms with Gasteiger partial charge in [0.05, 0.1) is 0 Å². The fraction of sp³-hybridized carbons (Fsp3) is 1.00. The first kappa shape index (κ1) is 14.9. The Morgan fingerprint density at radius 3 is 1.87 bits per heavy atom. The largest absolute Gasteiger partial charge is 0.271 e. The molecule has 0 aromatic heterocycles. The van der Waals surface area contributed by atoms with Crippen LogP contribution in [0.25, 0.3) is 0 Å². The smallest absolute Gasteiger partial charge is 0.0241 e. The Morgan fingerprint density at radius 2 is 1.60 bits per heavy atom. The van der Waals surface area contributed by atoms with Gasteiger partial charge in [-0.15, -0.1) is 0 Å². The molecule has 3 N–H and O–H groups in total. The Balaban J connectivity index is 4.32. The summed E-state index contributed by atoms with van der Waals surface area (Å²) in [6.07, 6.45) is 3.59. The van der Waals surface area contributed by atoms with E-state index in [-0.39, 0.29) is 0 Å². The maximum Gasteiger partial charge on any atom is 0.0241 e. The van der Waals surface area contributed by atoms with Crippen LogP contribution in [0.5, 0.6) is 0 Å². The van der Waals surface area contributed by atoms with Gasteiger partial charge in [-0.25, -0.2) is 0 Å². The summed E-state index contributed by atoms with van der Waals surface area (Å²) < 4.78 is 0. The third-order valence-electron chi connectivity index (χ3n) is 3.92. The van der Waals surface area contributed by atoms with Crippen LogP contribution in [0.4, 0.5) is 0 Å². The van der Waals surface area contributed by atoms with E-state index in [1.165, 1.54) is 19.3 Å². The Bertz CT molecular complexity index is 156. The molecule has 0 radical (unpaired) electrons. The molecule has 0 heterocycles. The summed E-state index contributed by atoms with van der Waals surface area (Å²) in [5.41, 5.74) is 3.38. The summed E-state index contributed by atoms with van der Waals surface area (Å²) in [6, 6.07) is 0.467. The fourth-order valence-electron chi connectivity index (χ4n) is 1.99.